The molecule has 1 saturated heterocycles. The molecule has 146 valence electrons. The van der Waals surface area contributed by atoms with Crippen LogP contribution in [0.2, 0.25) is 0 Å². The molecule has 0 bridgehead atoms. The van der Waals surface area contributed by atoms with Crippen LogP contribution >= 0.6 is 0 Å². The van der Waals surface area contributed by atoms with Crippen LogP contribution in [0.3, 0.4) is 0 Å². The lowest BCUT2D eigenvalue weighted by molar-refractivity contribution is 0.0695. The molecule has 2 fully saturated rings. The second kappa shape index (κ2) is 6.32. The van der Waals surface area contributed by atoms with Crippen molar-refractivity contribution in [2.45, 2.75) is 51.4 Å². The van der Waals surface area contributed by atoms with Crippen LogP contribution in [0.4, 0.5) is 0 Å². The van der Waals surface area contributed by atoms with E-state index in [0.29, 0.717) is 35.9 Å². The summed E-state index contributed by atoms with van der Waals surface area (Å²) in [4.78, 5) is 31.7. The number of carbonyl (C=O) groups is 1. The molecular weight excluding hydrogens is 358 g/mol. The molecule has 0 spiro atoms. The SMILES string of the molecule is Cc1nc2cc(C3CCCN(C(=O)c4cc(C5CC5)on4)C3)[nH]n2c(=O)c1C. The average Bonchev–Trinajstić information content (AvgIpc) is 3.28. The minimum absolute atomic E-state index is 0.0762. The van der Waals surface area contributed by atoms with E-state index in [-0.39, 0.29) is 17.4 Å². The smallest absolute Gasteiger partial charge is 0.276 e. The van der Waals surface area contributed by atoms with Gasteiger partial charge in [0.25, 0.3) is 11.5 Å². The Bertz CT molecular complexity index is 1120. The summed E-state index contributed by atoms with van der Waals surface area (Å²) < 4.78 is 6.84. The summed E-state index contributed by atoms with van der Waals surface area (Å²) in [6, 6.07) is 3.72. The topological polar surface area (TPSA) is 96.5 Å². The molecule has 1 N–H and O–H groups in total. The monoisotopic (exact) mass is 381 g/mol. The molecule has 1 aliphatic carbocycles. The minimum Gasteiger partial charge on any atom is -0.360 e. The Balaban J connectivity index is 1.39. The highest BCUT2D eigenvalue weighted by molar-refractivity contribution is 5.92. The second-order valence-electron chi connectivity index (χ2n) is 8.01. The molecule has 1 amide bonds. The molecule has 8 nitrogen and oxygen atoms in total. The third-order valence-corrected chi connectivity index (χ3v) is 5.98. The van der Waals surface area contributed by atoms with E-state index in [2.05, 4.69) is 15.2 Å². The Morgan fingerprint density at radius 1 is 1.21 bits per heavy atom. The van der Waals surface area contributed by atoms with Crippen LogP contribution in [-0.2, 0) is 0 Å². The van der Waals surface area contributed by atoms with E-state index in [4.69, 9.17) is 4.52 Å². The summed E-state index contributed by atoms with van der Waals surface area (Å²) >= 11 is 0. The van der Waals surface area contributed by atoms with Crippen LogP contribution < -0.4 is 5.56 Å². The maximum atomic E-state index is 12.9. The number of fused-ring (bicyclic) bond motifs is 1. The van der Waals surface area contributed by atoms with Gasteiger partial charge in [-0.25, -0.2) is 9.50 Å². The van der Waals surface area contributed by atoms with Crippen LogP contribution in [0, 0.1) is 13.8 Å². The second-order valence-corrected chi connectivity index (χ2v) is 8.01. The van der Waals surface area contributed by atoms with Crippen molar-refractivity contribution in [3.63, 3.8) is 0 Å². The van der Waals surface area contributed by atoms with Gasteiger partial charge >= 0.3 is 0 Å². The number of nitrogens with zero attached hydrogens (tertiary/aromatic N) is 4. The van der Waals surface area contributed by atoms with Gasteiger partial charge in [-0.2, -0.15) is 0 Å². The molecule has 2 aliphatic rings. The lowest BCUT2D eigenvalue weighted by Gasteiger charge is -2.31. The summed E-state index contributed by atoms with van der Waals surface area (Å²) in [5, 5.41) is 7.18. The molecule has 8 heteroatoms. The normalized spacial score (nSPS) is 20.1. The number of rotatable bonds is 3. The van der Waals surface area contributed by atoms with Gasteiger partial charge in [-0.05, 0) is 39.5 Å². The summed E-state index contributed by atoms with van der Waals surface area (Å²) in [6.45, 7) is 4.92. The number of hydrogen-bond donors (Lipinski definition) is 1. The molecule has 5 rings (SSSR count). The maximum absolute atomic E-state index is 12.9. The molecule has 0 radical (unpaired) electrons. The highest BCUT2D eigenvalue weighted by Crippen LogP contribution is 2.40. The zero-order chi connectivity index (χ0) is 19.4. The summed E-state index contributed by atoms with van der Waals surface area (Å²) in [7, 11) is 0. The number of hydrogen-bond acceptors (Lipinski definition) is 5. The third kappa shape index (κ3) is 2.83. The van der Waals surface area contributed by atoms with Crippen molar-refractivity contribution in [3.05, 3.63) is 50.9 Å². The Morgan fingerprint density at radius 3 is 2.82 bits per heavy atom. The van der Waals surface area contributed by atoms with E-state index in [9.17, 15) is 9.59 Å². The fraction of sp³-hybridized carbons (Fsp3) is 0.500. The lowest BCUT2D eigenvalue weighted by atomic mass is 9.94. The van der Waals surface area contributed by atoms with E-state index in [1.807, 2.05) is 17.9 Å². The standard InChI is InChI=1S/C20H23N5O3/c1-11-12(2)21-18-9-15(22-25(18)19(11)26)14-4-3-7-24(10-14)20(27)16-8-17(28-23-16)13-5-6-13/h8-9,13-14,22H,3-7,10H2,1-2H3. The van der Waals surface area contributed by atoms with Crippen LogP contribution in [-0.4, -0.2) is 43.7 Å². The van der Waals surface area contributed by atoms with Crippen molar-refractivity contribution in [2.75, 3.05) is 13.1 Å². The Morgan fingerprint density at radius 2 is 2.04 bits per heavy atom. The molecule has 0 aromatic carbocycles. The van der Waals surface area contributed by atoms with Gasteiger partial charge in [0.15, 0.2) is 11.3 Å². The first-order chi connectivity index (χ1) is 13.5. The number of aryl methyl sites for hydroxylation is 1. The lowest BCUT2D eigenvalue weighted by Crippen LogP contribution is -2.39. The summed E-state index contributed by atoms with van der Waals surface area (Å²) in [5.41, 5.74) is 3.26. The van der Waals surface area contributed by atoms with Crippen LogP contribution in [0.1, 0.15) is 70.7 Å². The minimum atomic E-state index is -0.0848. The van der Waals surface area contributed by atoms with Gasteiger partial charge in [0.2, 0.25) is 0 Å². The summed E-state index contributed by atoms with van der Waals surface area (Å²) in [6.07, 6.45) is 4.08. The average molecular weight is 381 g/mol. The van der Waals surface area contributed by atoms with Crippen molar-refractivity contribution < 1.29 is 9.32 Å². The predicted octanol–water partition coefficient (Wildman–Crippen LogP) is 2.52. The van der Waals surface area contributed by atoms with Crippen molar-refractivity contribution >= 4 is 11.6 Å². The van der Waals surface area contributed by atoms with E-state index in [0.717, 1.165) is 42.8 Å². The van der Waals surface area contributed by atoms with E-state index >= 15 is 0 Å². The van der Waals surface area contributed by atoms with Crippen LogP contribution in [0.15, 0.2) is 21.5 Å². The molecule has 1 unspecified atom stereocenters. The zero-order valence-corrected chi connectivity index (χ0v) is 16.1. The van der Waals surface area contributed by atoms with E-state index in [1.165, 1.54) is 4.52 Å². The molecular formula is C20H23N5O3. The number of aromatic nitrogens is 4. The first kappa shape index (κ1) is 17.2. The largest absolute Gasteiger partial charge is 0.360 e. The molecule has 4 heterocycles. The number of carbonyl (C=O) groups excluding carboxylic acids is 1. The molecule has 3 aromatic rings. The van der Waals surface area contributed by atoms with Crippen molar-refractivity contribution in [1.29, 1.82) is 0 Å². The fourth-order valence-electron chi connectivity index (χ4n) is 3.97. The first-order valence-electron chi connectivity index (χ1n) is 9.86. The third-order valence-electron chi connectivity index (χ3n) is 5.98. The van der Waals surface area contributed by atoms with Gasteiger partial charge in [0.05, 0.1) is 0 Å². The van der Waals surface area contributed by atoms with Crippen molar-refractivity contribution in [1.82, 2.24) is 24.7 Å². The number of piperidine rings is 1. The number of amides is 1. The molecule has 1 saturated carbocycles. The molecule has 28 heavy (non-hydrogen) atoms. The number of nitrogens with one attached hydrogen (secondary N) is 1. The quantitative estimate of drug-likeness (QED) is 0.752. The highest BCUT2D eigenvalue weighted by atomic mass is 16.5. The Kier molecular flexibility index (Phi) is 3.89. The zero-order valence-electron chi connectivity index (χ0n) is 16.1. The maximum Gasteiger partial charge on any atom is 0.276 e. The number of likely N-dealkylation sites (tertiary alicyclic amines) is 1. The predicted molar refractivity (Wildman–Crippen MR) is 102 cm³/mol. The van der Waals surface area contributed by atoms with Crippen molar-refractivity contribution in [3.8, 4) is 0 Å². The number of H-pyrrole nitrogens is 1. The van der Waals surface area contributed by atoms with Gasteiger partial charge in [-0.3, -0.25) is 14.7 Å². The summed E-state index contributed by atoms with van der Waals surface area (Å²) in [5.74, 6) is 1.31. The van der Waals surface area contributed by atoms with Gasteiger partial charge < -0.3 is 9.42 Å². The van der Waals surface area contributed by atoms with E-state index < -0.39 is 0 Å². The van der Waals surface area contributed by atoms with Gasteiger partial charge in [0, 0.05) is 54.0 Å². The highest BCUT2D eigenvalue weighted by Gasteiger charge is 2.32. The molecule has 1 atom stereocenters. The fourth-order valence-corrected chi connectivity index (χ4v) is 3.97. The molecule has 1 aliphatic heterocycles. The van der Waals surface area contributed by atoms with Crippen LogP contribution in [0.25, 0.3) is 5.65 Å². The van der Waals surface area contributed by atoms with E-state index in [1.54, 1.807) is 13.0 Å². The number of aromatic amines is 1. The van der Waals surface area contributed by atoms with Gasteiger partial charge in [0.1, 0.15) is 5.76 Å². The van der Waals surface area contributed by atoms with Crippen molar-refractivity contribution in [2.24, 2.45) is 0 Å². The molecule has 3 aromatic heterocycles. The van der Waals surface area contributed by atoms with Gasteiger partial charge in [-0.1, -0.05) is 5.16 Å². The Hall–Kier alpha value is -2.90. The first-order valence-corrected chi connectivity index (χ1v) is 9.86. The van der Waals surface area contributed by atoms with Gasteiger partial charge in [-0.15, -0.1) is 0 Å². The van der Waals surface area contributed by atoms with Crippen LogP contribution in [0.5, 0.6) is 0 Å². The Labute approximate surface area is 161 Å².